The number of aromatic nitrogens is 2. The zero-order valence-electron chi connectivity index (χ0n) is 12.1. The number of aliphatic hydroxyl groups is 1. The van der Waals surface area contributed by atoms with Gasteiger partial charge in [-0.1, -0.05) is 25.1 Å². The molecule has 1 aromatic carbocycles. The molecular weight excluding hydrogens is 268 g/mol. The van der Waals surface area contributed by atoms with E-state index >= 15 is 0 Å². The number of ether oxygens (including phenoxy) is 1. The number of hydrogen-bond acceptors (Lipinski definition) is 4. The average Bonchev–Trinajstić information content (AvgIpc) is 3.01. The van der Waals surface area contributed by atoms with Crippen molar-refractivity contribution in [2.45, 2.75) is 32.3 Å². The Labute approximate surface area is 124 Å². The molecule has 0 amide bonds. The Morgan fingerprint density at radius 1 is 1.38 bits per heavy atom. The molecule has 0 saturated carbocycles. The van der Waals surface area contributed by atoms with E-state index in [0.29, 0.717) is 18.6 Å². The van der Waals surface area contributed by atoms with Gasteiger partial charge in [-0.2, -0.15) is 5.10 Å². The average molecular weight is 288 g/mol. The largest absolute Gasteiger partial charge is 0.466 e. The van der Waals surface area contributed by atoms with E-state index < -0.39 is 6.10 Å². The van der Waals surface area contributed by atoms with E-state index in [2.05, 4.69) is 5.10 Å². The molecule has 1 unspecified atom stereocenters. The van der Waals surface area contributed by atoms with E-state index in [0.717, 1.165) is 12.1 Å². The maximum Gasteiger partial charge on any atom is 0.305 e. The fourth-order valence-electron chi connectivity index (χ4n) is 1.94. The van der Waals surface area contributed by atoms with Gasteiger partial charge in [-0.05, 0) is 25.0 Å². The fourth-order valence-corrected chi connectivity index (χ4v) is 1.94. The molecule has 5 heteroatoms. The fraction of sp³-hybridized carbons (Fsp3) is 0.375. The van der Waals surface area contributed by atoms with Crippen LogP contribution in [0.5, 0.6) is 0 Å². The minimum Gasteiger partial charge on any atom is -0.466 e. The molecule has 5 nitrogen and oxygen atoms in total. The zero-order valence-corrected chi connectivity index (χ0v) is 12.1. The standard InChI is InChI=1S/C16H20N2O3/c1-2-10-21-16(20)9-8-15(19)13-11-17-18(12-13)14-6-4-3-5-7-14/h3-7,11-12,15,19H,2,8-10H2,1H3. The Kier molecular flexibility index (Phi) is 5.51. The third-order valence-electron chi connectivity index (χ3n) is 3.10. The summed E-state index contributed by atoms with van der Waals surface area (Å²) in [5, 5.41) is 14.3. The van der Waals surface area contributed by atoms with Crippen LogP contribution in [-0.4, -0.2) is 27.5 Å². The molecule has 1 aromatic heterocycles. The van der Waals surface area contributed by atoms with Gasteiger partial charge in [0.25, 0.3) is 0 Å². The van der Waals surface area contributed by atoms with Gasteiger partial charge in [0.15, 0.2) is 0 Å². The number of esters is 1. The molecule has 112 valence electrons. The van der Waals surface area contributed by atoms with Gasteiger partial charge in [0.1, 0.15) is 0 Å². The summed E-state index contributed by atoms with van der Waals surface area (Å²) in [6, 6.07) is 9.66. The lowest BCUT2D eigenvalue weighted by Crippen LogP contribution is -2.07. The maximum atomic E-state index is 11.4. The molecule has 0 aliphatic rings. The van der Waals surface area contributed by atoms with E-state index in [-0.39, 0.29) is 12.4 Å². The van der Waals surface area contributed by atoms with Crippen molar-refractivity contribution < 1.29 is 14.6 Å². The summed E-state index contributed by atoms with van der Waals surface area (Å²) in [5.74, 6) is -0.272. The van der Waals surface area contributed by atoms with Gasteiger partial charge in [0, 0.05) is 18.2 Å². The van der Waals surface area contributed by atoms with Crippen molar-refractivity contribution in [1.29, 1.82) is 0 Å². The third kappa shape index (κ3) is 4.43. The summed E-state index contributed by atoms with van der Waals surface area (Å²) >= 11 is 0. The molecule has 21 heavy (non-hydrogen) atoms. The van der Waals surface area contributed by atoms with Crippen molar-refractivity contribution >= 4 is 5.97 Å². The Bertz CT molecular complexity index is 566. The molecule has 1 heterocycles. The quantitative estimate of drug-likeness (QED) is 0.795. The Morgan fingerprint density at radius 2 is 2.14 bits per heavy atom. The number of hydrogen-bond donors (Lipinski definition) is 1. The molecule has 0 radical (unpaired) electrons. The lowest BCUT2D eigenvalue weighted by atomic mass is 10.1. The lowest BCUT2D eigenvalue weighted by molar-refractivity contribution is -0.144. The SMILES string of the molecule is CCCOC(=O)CCC(O)c1cnn(-c2ccccc2)c1. The summed E-state index contributed by atoms with van der Waals surface area (Å²) in [6.07, 6.45) is 4.03. The third-order valence-corrected chi connectivity index (χ3v) is 3.10. The highest BCUT2D eigenvalue weighted by Gasteiger charge is 2.13. The summed E-state index contributed by atoms with van der Waals surface area (Å²) in [5.41, 5.74) is 1.63. The number of aliphatic hydroxyl groups excluding tert-OH is 1. The molecule has 0 spiro atoms. The number of nitrogens with zero attached hydrogens (tertiary/aromatic N) is 2. The van der Waals surface area contributed by atoms with Crippen molar-refractivity contribution in [2.24, 2.45) is 0 Å². The second kappa shape index (κ2) is 7.59. The Hall–Kier alpha value is -2.14. The highest BCUT2D eigenvalue weighted by Crippen LogP contribution is 2.19. The first-order chi connectivity index (χ1) is 10.2. The summed E-state index contributed by atoms with van der Waals surface area (Å²) in [7, 11) is 0. The molecule has 0 fully saturated rings. The molecule has 0 aliphatic carbocycles. The molecule has 0 saturated heterocycles. The molecule has 2 rings (SSSR count). The topological polar surface area (TPSA) is 64.3 Å². The predicted molar refractivity (Wildman–Crippen MR) is 79.0 cm³/mol. The minimum absolute atomic E-state index is 0.206. The monoisotopic (exact) mass is 288 g/mol. The summed E-state index contributed by atoms with van der Waals surface area (Å²) in [6.45, 7) is 2.38. The molecular formula is C16H20N2O3. The second-order valence-electron chi connectivity index (χ2n) is 4.83. The molecule has 0 aliphatic heterocycles. The van der Waals surface area contributed by atoms with Crippen LogP contribution in [0.4, 0.5) is 0 Å². The minimum atomic E-state index is -0.711. The number of para-hydroxylation sites is 1. The van der Waals surface area contributed by atoms with Gasteiger partial charge in [0.2, 0.25) is 0 Å². The summed E-state index contributed by atoms with van der Waals surface area (Å²) in [4.78, 5) is 11.4. The zero-order chi connectivity index (χ0) is 15.1. The molecule has 1 atom stereocenters. The smallest absolute Gasteiger partial charge is 0.305 e. The molecule has 2 aromatic rings. The first-order valence-corrected chi connectivity index (χ1v) is 7.14. The van der Waals surface area contributed by atoms with Crippen LogP contribution in [0.15, 0.2) is 42.7 Å². The lowest BCUT2D eigenvalue weighted by Gasteiger charge is -2.08. The Balaban J connectivity index is 1.90. The van der Waals surface area contributed by atoms with Gasteiger partial charge >= 0.3 is 5.97 Å². The van der Waals surface area contributed by atoms with Crippen molar-refractivity contribution in [3.8, 4) is 5.69 Å². The van der Waals surface area contributed by atoms with Crippen LogP contribution < -0.4 is 0 Å². The van der Waals surface area contributed by atoms with Crippen LogP contribution in [0, 0.1) is 0 Å². The van der Waals surface area contributed by atoms with Gasteiger partial charge in [-0.15, -0.1) is 0 Å². The number of carbonyl (C=O) groups is 1. The van der Waals surface area contributed by atoms with Crippen LogP contribution in [0.2, 0.25) is 0 Å². The predicted octanol–water partition coefficient (Wildman–Crippen LogP) is 2.64. The van der Waals surface area contributed by atoms with Gasteiger partial charge in [-0.25, -0.2) is 4.68 Å². The van der Waals surface area contributed by atoms with Crippen LogP contribution in [-0.2, 0) is 9.53 Å². The number of carbonyl (C=O) groups excluding carboxylic acids is 1. The van der Waals surface area contributed by atoms with Crippen LogP contribution >= 0.6 is 0 Å². The highest BCUT2D eigenvalue weighted by atomic mass is 16.5. The van der Waals surface area contributed by atoms with Gasteiger partial charge in [0.05, 0.1) is 24.6 Å². The summed E-state index contributed by atoms with van der Waals surface area (Å²) < 4.78 is 6.68. The number of benzene rings is 1. The van der Waals surface area contributed by atoms with Crippen molar-refractivity contribution in [3.05, 3.63) is 48.3 Å². The van der Waals surface area contributed by atoms with Gasteiger partial charge < -0.3 is 9.84 Å². The van der Waals surface area contributed by atoms with Crippen LogP contribution in [0.1, 0.15) is 37.9 Å². The number of rotatable bonds is 7. The van der Waals surface area contributed by atoms with E-state index in [1.165, 1.54) is 0 Å². The van der Waals surface area contributed by atoms with Crippen LogP contribution in [0.3, 0.4) is 0 Å². The first-order valence-electron chi connectivity index (χ1n) is 7.14. The molecule has 1 N–H and O–H groups in total. The van der Waals surface area contributed by atoms with E-state index in [9.17, 15) is 9.90 Å². The van der Waals surface area contributed by atoms with Crippen LogP contribution in [0.25, 0.3) is 5.69 Å². The second-order valence-corrected chi connectivity index (χ2v) is 4.83. The van der Waals surface area contributed by atoms with Crippen molar-refractivity contribution in [2.75, 3.05) is 6.61 Å². The first kappa shape index (κ1) is 15.3. The van der Waals surface area contributed by atoms with E-state index in [4.69, 9.17) is 4.74 Å². The van der Waals surface area contributed by atoms with E-state index in [1.807, 2.05) is 37.3 Å². The maximum absolute atomic E-state index is 11.4. The Morgan fingerprint density at radius 3 is 2.86 bits per heavy atom. The van der Waals surface area contributed by atoms with Crippen molar-refractivity contribution in [3.63, 3.8) is 0 Å². The normalized spacial score (nSPS) is 12.1. The molecule has 0 bridgehead atoms. The highest BCUT2D eigenvalue weighted by molar-refractivity contribution is 5.69. The van der Waals surface area contributed by atoms with E-state index in [1.54, 1.807) is 17.1 Å². The van der Waals surface area contributed by atoms with Crippen molar-refractivity contribution in [1.82, 2.24) is 9.78 Å². The van der Waals surface area contributed by atoms with Gasteiger partial charge in [-0.3, -0.25) is 4.79 Å².